The van der Waals surface area contributed by atoms with Crippen molar-refractivity contribution in [2.45, 2.75) is 51.0 Å². The number of anilines is 1. The normalized spacial score (nSPS) is 19.4. The summed E-state index contributed by atoms with van der Waals surface area (Å²) in [5, 5.41) is 0. The number of fused-ring (bicyclic) bond motifs is 1. The predicted molar refractivity (Wildman–Crippen MR) is 107 cm³/mol. The molecule has 1 heterocycles. The number of likely N-dealkylation sites (N-methyl/N-ethyl adjacent to an activating group) is 1. The van der Waals surface area contributed by atoms with Gasteiger partial charge in [-0.1, -0.05) is 30.3 Å². The molecule has 1 fully saturated rings. The van der Waals surface area contributed by atoms with Crippen molar-refractivity contribution < 1.29 is 14.3 Å². The number of amides is 1. The second-order valence-corrected chi connectivity index (χ2v) is 7.37. The molecular formula is C23H27NO3. The number of ether oxygens (including phenoxy) is 2. The van der Waals surface area contributed by atoms with Crippen LogP contribution in [-0.4, -0.2) is 25.7 Å². The van der Waals surface area contributed by atoms with Gasteiger partial charge in [0.05, 0.1) is 19.1 Å². The molecule has 1 aliphatic carbocycles. The van der Waals surface area contributed by atoms with Crippen LogP contribution in [0.25, 0.3) is 0 Å². The van der Waals surface area contributed by atoms with Crippen LogP contribution in [0.15, 0.2) is 42.5 Å². The Kier molecular flexibility index (Phi) is 5.06. The number of hydrogen-bond donors (Lipinski definition) is 0. The Morgan fingerprint density at radius 3 is 2.59 bits per heavy atom. The fraction of sp³-hybridized carbons (Fsp3) is 0.435. The van der Waals surface area contributed by atoms with E-state index in [-0.39, 0.29) is 17.9 Å². The molecule has 142 valence electrons. The maximum absolute atomic E-state index is 13.1. The molecule has 1 saturated carbocycles. The van der Waals surface area contributed by atoms with Crippen molar-refractivity contribution in [3.05, 3.63) is 53.6 Å². The molecule has 0 spiro atoms. The first kappa shape index (κ1) is 17.9. The van der Waals surface area contributed by atoms with E-state index in [9.17, 15) is 4.79 Å². The van der Waals surface area contributed by atoms with Crippen LogP contribution in [0.1, 0.15) is 49.7 Å². The van der Waals surface area contributed by atoms with Crippen LogP contribution in [0.3, 0.4) is 0 Å². The van der Waals surface area contributed by atoms with E-state index in [1.165, 1.54) is 12.8 Å². The molecule has 0 N–H and O–H groups in total. The van der Waals surface area contributed by atoms with Gasteiger partial charge in [-0.15, -0.1) is 0 Å². The fourth-order valence-electron chi connectivity index (χ4n) is 4.40. The summed E-state index contributed by atoms with van der Waals surface area (Å²) in [4.78, 5) is 14.9. The molecule has 2 aromatic carbocycles. The molecule has 1 amide bonds. The van der Waals surface area contributed by atoms with Crippen molar-refractivity contribution >= 4 is 11.6 Å². The van der Waals surface area contributed by atoms with Crippen LogP contribution in [0.5, 0.6) is 11.5 Å². The zero-order chi connectivity index (χ0) is 18.8. The third-order valence-corrected chi connectivity index (χ3v) is 5.77. The lowest BCUT2D eigenvalue weighted by molar-refractivity contribution is -0.119. The predicted octanol–water partition coefficient (Wildman–Crippen LogP) is 4.71. The van der Waals surface area contributed by atoms with Crippen molar-refractivity contribution in [2.24, 2.45) is 0 Å². The van der Waals surface area contributed by atoms with Crippen LogP contribution >= 0.6 is 0 Å². The minimum Gasteiger partial charge on any atom is -0.493 e. The van der Waals surface area contributed by atoms with Crippen molar-refractivity contribution in [3.63, 3.8) is 0 Å². The molecule has 1 aliphatic heterocycles. The molecule has 0 unspecified atom stereocenters. The first-order valence-electron chi connectivity index (χ1n) is 9.95. The van der Waals surface area contributed by atoms with Crippen molar-refractivity contribution in [2.75, 3.05) is 18.6 Å². The molecule has 27 heavy (non-hydrogen) atoms. The van der Waals surface area contributed by atoms with Gasteiger partial charge in [0.2, 0.25) is 5.91 Å². The number of methoxy groups -OCH3 is 1. The number of carbonyl (C=O) groups excluding carboxylic acids is 1. The lowest BCUT2D eigenvalue weighted by Crippen LogP contribution is -2.29. The van der Waals surface area contributed by atoms with Crippen LogP contribution in [0.4, 0.5) is 5.69 Å². The highest BCUT2D eigenvalue weighted by molar-refractivity contribution is 6.05. The molecule has 4 nitrogen and oxygen atoms in total. The van der Waals surface area contributed by atoms with Gasteiger partial charge in [-0.05, 0) is 62.3 Å². The standard InChI is InChI=1S/C23H27NO3/c1-3-24-20-13-7-6-12-18(20)19(23(24)25)15-16-9-8-14-21(26-2)22(16)27-17-10-4-5-11-17/h6-9,12-14,17,19H,3-5,10-11,15H2,1-2H3/t19-/m1/s1. The van der Waals surface area contributed by atoms with Crippen molar-refractivity contribution in [3.8, 4) is 11.5 Å². The number of nitrogens with zero attached hydrogens (tertiary/aromatic N) is 1. The van der Waals surface area contributed by atoms with E-state index in [4.69, 9.17) is 9.47 Å². The van der Waals surface area contributed by atoms with Gasteiger partial charge in [-0.25, -0.2) is 0 Å². The maximum atomic E-state index is 13.1. The number of carbonyl (C=O) groups is 1. The summed E-state index contributed by atoms with van der Waals surface area (Å²) in [5.41, 5.74) is 3.20. The monoisotopic (exact) mass is 365 g/mol. The largest absolute Gasteiger partial charge is 0.493 e. The second kappa shape index (κ2) is 7.63. The van der Waals surface area contributed by atoms with Crippen molar-refractivity contribution in [1.29, 1.82) is 0 Å². The Balaban J connectivity index is 1.67. The van der Waals surface area contributed by atoms with Gasteiger partial charge in [-0.3, -0.25) is 4.79 Å². The van der Waals surface area contributed by atoms with Gasteiger partial charge in [0.15, 0.2) is 11.5 Å². The first-order chi connectivity index (χ1) is 13.2. The van der Waals surface area contributed by atoms with E-state index in [1.54, 1.807) is 7.11 Å². The molecule has 0 aromatic heterocycles. The number of hydrogen-bond acceptors (Lipinski definition) is 3. The summed E-state index contributed by atoms with van der Waals surface area (Å²) in [6.07, 6.45) is 5.49. The van der Waals surface area contributed by atoms with Gasteiger partial charge in [-0.2, -0.15) is 0 Å². The molecule has 1 atom stereocenters. The fourth-order valence-corrected chi connectivity index (χ4v) is 4.40. The summed E-state index contributed by atoms with van der Waals surface area (Å²) >= 11 is 0. The molecule has 0 radical (unpaired) electrons. The van der Waals surface area contributed by atoms with Crippen LogP contribution in [-0.2, 0) is 11.2 Å². The van der Waals surface area contributed by atoms with E-state index in [1.807, 2.05) is 42.2 Å². The molecule has 0 saturated heterocycles. The van der Waals surface area contributed by atoms with Crippen molar-refractivity contribution in [1.82, 2.24) is 0 Å². The summed E-state index contributed by atoms with van der Waals surface area (Å²) < 4.78 is 11.9. The van der Waals surface area contributed by atoms with E-state index in [0.29, 0.717) is 13.0 Å². The molecule has 2 aromatic rings. The molecule has 4 rings (SSSR count). The lowest BCUT2D eigenvalue weighted by Gasteiger charge is -2.21. The third kappa shape index (κ3) is 3.29. The highest BCUT2D eigenvalue weighted by atomic mass is 16.5. The zero-order valence-corrected chi connectivity index (χ0v) is 16.1. The molecular weight excluding hydrogens is 338 g/mol. The number of benzene rings is 2. The minimum atomic E-state index is -0.167. The summed E-state index contributed by atoms with van der Waals surface area (Å²) in [6, 6.07) is 14.1. The van der Waals surface area contributed by atoms with E-state index in [2.05, 4.69) is 12.1 Å². The highest BCUT2D eigenvalue weighted by Gasteiger charge is 2.37. The van der Waals surface area contributed by atoms with E-state index >= 15 is 0 Å². The SMILES string of the molecule is CCN1C(=O)[C@H](Cc2cccc(OC)c2OC2CCCC2)c2ccccc21. The number of rotatable bonds is 6. The Morgan fingerprint density at radius 1 is 1.07 bits per heavy atom. The summed E-state index contributed by atoms with van der Waals surface area (Å²) in [7, 11) is 1.68. The van der Waals surface area contributed by atoms with Crippen LogP contribution in [0.2, 0.25) is 0 Å². The van der Waals surface area contributed by atoms with Gasteiger partial charge >= 0.3 is 0 Å². The Morgan fingerprint density at radius 2 is 1.85 bits per heavy atom. The molecule has 0 bridgehead atoms. The summed E-state index contributed by atoms with van der Waals surface area (Å²) in [6.45, 7) is 2.72. The Labute approximate surface area is 161 Å². The summed E-state index contributed by atoms with van der Waals surface area (Å²) in [5.74, 6) is 1.57. The second-order valence-electron chi connectivity index (χ2n) is 7.37. The smallest absolute Gasteiger partial charge is 0.234 e. The first-order valence-corrected chi connectivity index (χ1v) is 9.95. The highest BCUT2D eigenvalue weighted by Crippen LogP contribution is 2.42. The van der Waals surface area contributed by atoms with Crippen LogP contribution in [0, 0.1) is 0 Å². The van der Waals surface area contributed by atoms with E-state index < -0.39 is 0 Å². The van der Waals surface area contributed by atoms with E-state index in [0.717, 1.165) is 41.2 Å². The number of para-hydroxylation sites is 2. The average Bonchev–Trinajstić information content (AvgIpc) is 3.29. The third-order valence-electron chi connectivity index (χ3n) is 5.77. The quantitative estimate of drug-likeness (QED) is 0.744. The van der Waals surface area contributed by atoms with Gasteiger partial charge in [0.1, 0.15) is 0 Å². The van der Waals surface area contributed by atoms with Crippen LogP contribution < -0.4 is 14.4 Å². The Bertz CT molecular complexity index is 826. The average molecular weight is 365 g/mol. The molecule has 4 heteroatoms. The zero-order valence-electron chi connectivity index (χ0n) is 16.1. The van der Waals surface area contributed by atoms with Gasteiger partial charge in [0, 0.05) is 12.2 Å². The topological polar surface area (TPSA) is 38.8 Å². The maximum Gasteiger partial charge on any atom is 0.234 e. The van der Waals surface area contributed by atoms with Gasteiger partial charge < -0.3 is 14.4 Å². The molecule has 2 aliphatic rings. The minimum absolute atomic E-state index is 0.167. The lowest BCUT2D eigenvalue weighted by atomic mass is 9.92. The van der Waals surface area contributed by atoms with Gasteiger partial charge in [0.25, 0.3) is 0 Å². The Hall–Kier alpha value is -2.49.